The molecule has 0 aliphatic carbocycles. The fourth-order valence-electron chi connectivity index (χ4n) is 1.58. The first-order valence-corrected chi connectivity index (χ1v) is 7.45. The van der Waals surface area contributed by atoms with Crippen molar-refractivity contribution in [1.29, 1.82) is 0 Å². The maximum Gasteiger partial charge on any atom is 0.227 e. The lowest BCUT2D eigenvalue weighted by atomic mass is 10.3. The molecule has 0 saturated heterocycles. The van der Waals surface area contributed by atoms with Gasteiger partial charge in [-0.2, -0.15) is 4.98 Å². The molecule has 0 fully saturated rings. The third kappa shape index (κ3) is 5.04. The minimum absolute atomic E-state index is 0.482. The maximum atomic E-state index is 5.22. The van der Waals surface area contributed by atoms with Gasteiger partial charge in [0.25, 0.3) is 0 Å². The lowest BCUT2D eigenvalue weighted by Gasteiger charge is -2.04. The van der Waals surface area contributed by atoms with Crippen LogP contribution in [0.5, 0.6) is 0 Å². The van der Waals surface area contributed by atoms with Gasteiger partial charge in [-0.1, -0.05) is 37.2 Å². The first kappa shape index (κ1) is 14.1. The summed E-state index contributed by atoms with van der Waals surface area (Å²) in [6.07, 6.45) is 0.779. The number of benzene rings is 1. The highest BCUT2D eigenvalue weighted by molar-refractivity contribution is 7.98. The Morgan fingerprint density at radius 1 is 1.26 bits per heavy atom. The molecule has 1 aromatic heterocycles. The summed E-state index contributed by atoms with van der Waals surface area (Å²) in [5.41, 5.74) is 0. The van der Waals surface area contributed by atoms with Crippen LogP contribution >= 0.6 is 11.8 Å². The van der Waals surface area contributed by atoms with Crippen molar-refractivity contribution < 1.29 is 4.52 Å². The molecule has 0 amide bonds. The van der Waals surface area contributed by atoms with Crippen molar-refractivity contribution in [2.45, 2.75) is 37.0 Å². The molecule has 4 nitrogen and oxygen atoms in total. The van der Waals surface area contributed by atoms with E-state index in [1.54, 1.807) is 11.8 Å². The predicted molar refractivity (Wildman–Crippen MR) is 77.1 cm³/mol. The first-order chi connectivity index (χ1) is 9.24. The van der Waals surface area contributed by atoms with Gasteiger partial charge in [0.15, 0.2) is 5.82 Å². The summed E-state index contributed by atoms with van der Waals surface area (Å²) in [4.78, 5) is 5.60. The standard InChI is InChI=1S/C14H19N3OS/c1-11(2)15-9-8-14-16-13(17-18-14)10-19-12-6-4-3-5-7-12/h3-7,11,15H,8-10H2,1-2H3. The number of hydrogen-bond acceptors (Lipinski definition) is 5. The summed E-state index contributed by atoms with van der Waals surface area (Å²) in [6.45, 7) is 5.11. The summed E-state index contributed by atoms with van der Waals surface area (Å²) < 4.78 is 5.22. The van der Waals surface area contributed by atoms with Crippen molar-refractivity contribution in [3.8, 4) is 0 Å². The van der Waals surface area contributed by atoms with Gasteiger partial charge in [0.1, 0.15) is 0 Å². The lowest BCUT2D eigenvalue weighted by Crippen LogP contribution is -2.25. The van der Waals surface area contributed by atoms with Gasteiger partial charge < -0.3 is 9.84 Å². The molecule has 0 spiro atoms. The van der Waals surface area contributed by atoms with E-state index in [1.807, 2.05) is 18.2 Å². The van der Waals surface area contributed by atoms with Crippen LogP contribution in [-0.4, -0.2) is 22.7 Å². The highest BCUT2D eigenvalue weighted by Crippen LogP contribution is 2.20. The largest absolute Gasteiger partial charge is 0.339 e. The van der Waals surface area contributed by atoms with Crippen LogP contribution in [0.4, 0.5) is 0 Å². The normalized spacial score (nSPS) is 11.1. The van der Waals surface area contributed by atoms with Crippen molar-refractivity contribution >= 4 is 11.8 Å². The van der Waals surface area contributed by atoms with E-state index >= 15 is 0 Å². The van der Waals surface area contributed by atoms with Crippen LogP contribution < -0.4 is 5.32 Å². The second-order valence-corrected chi connectivity index (χ2v) is 5.61. The van der Waals surface area contributed by atoms with Crippen molar-refractivity contribution in [3.63, 3.8) is 0 Å². The zero-order valence-corrected chi connectivity index (χ0v) is 12.1. The van der Waals surface area contributed by atoms with Crippen LogP contribution in [0.15, 0.2) is 39.8 Å². The Labute approximate surface area is 118 Å². The molecule has 1 aromatic carbocycles. The van der Waals surface area contributed by atoms with Gasteiger partial charge in [-0.15, -0.1) is 11.8 Å². The highest BCUT2D eigenvalue weighted by Gasteiger charge is 2.06. The van der Waals surface area contributed by atoms with Crippen LogP contribution in [-0.2, 0) is 12.2 Å². The third-order valence-corrected chi connectivity index (χ3v) is 3.52. The Balaban J connectivity index is 1.77. The van der Waals surface area contributed by atoms with E-state index in [1.165, 1.54) is 4.90 Å². The topological polar surface area (TPSA) is 51.0 Å². The van der Waals surface area contributed by atoms with E-state index in [0.717, 1.165) is 24.5 Å². The van der Waals surface area contributed by atoms with Gasteiger partial charge >= 0.3 is 0 Å². The maximum absolute atomic E-state index is 5.22. The molecule has 0 aliphatic rings. The third-order valence-electron chi connectivity index (χ3n) is 2.51. The van der Waals surface area contributed by atoms with Crippen LogP contribution in [0, 0.1) is 0 Å². The number of rotatable bonds is 7. The van der Waals surface area contributed by atoms with Crippen molar-refractivity contribution in [2.75, 3.05) is 6.54 Å². The second kappa shape index (κ2) is 7.31. The smallest absolute Gasteiger partial charge is 0.227 e. The van der Waals surface area contributed by atoms with Crippen LogP contribution in [0.1, 0.15) is 25.6 Å². The molecular formula is C14H19N3OS. The van der Waals surface area contributed by atoms with Gasteiger partial charge in [0.2, 0.25) is 5.89 Å². The lowest BCUT2D eigenvalue weighted by molar-refractivity contribution is 0.370. The average molecular weight is 277 g/mol. The van der Waals surface area contributed by atoms with E-state index in [-0.39, 0.29) is 0 Å². The molecule has 0 bridgehead atoms. The molecule has 0 atom stereocenters. The molecule has 0 saturated carbocycles. The molecule has 0 unspecified atom stereocenters. The molecule has 1 N–H and O–H groups in total. The average Bonchev–Trinajstić information content (AvgIpc) is 2.85. The minimum atomic E-state index is 0.482. The molecular weight excluding hydrogens is 258 g/mol. The van der Waals surface area contributed by atoms with Gasteiger partial charge in [-0.3, -0.25) is 0 Å². The molecule has 1 heterocycles. The van der Waals surface area contributed by atoms with Gasteiger partial charge in [0, 0.05) is 23.9 Å². The molecule has 2 aromatic rings. The van der Waals surface area contributed by atoms with E-state index in [4.69, 9.17) is 4.52 Å². The molecule has 2 rings (SSSR count). The monoisotopic (exact) mass is 277 g/mol. The Kier molecular flexibility index (Phi) is 5.42. The van der Waals surface area contributed by atoms with E-state index in [9.17, 15) is 0 Å². The molecule has 5 heteroatoms. The Morgan fingerprint density at radius 2 is 2.05 bits per heavy atom. The summed E-state index contributed by atoms with van der Waals surface area (Å²) in [5.74, 6) is 2.20. The fourth-order valence-corrected chi connectivity index (χ4v) is 2.35. The van der Waals surface area contributed by atoms with Crippen molar-refractivity contribution in [3.05, 3.63) is 42.0 Å². The molecule has 19 heavy (non-hydrogen) atoms. The van der Waals surface area contributed by atoms with Crippen molar-refractivity contribution in [1.82, 2.24) is 15.5 Å². The molecule has 102 valence electrons. The van der Waals surface area contributed by atoms with Crippen molar-refractivity contribution in [2.24, 2.45) is 0 Å². The zero-order chi connectivity index (χ0) is 13.5. The quantitative estimate of drug-likeness (QED) is 0.789. The highest BCUT2D eigenvalue weighted by atomic mass is 32.2. The predicted octanol–water partition coefficient (Wildman–Crippen LogP) is 2.90. The molecule has 0 radical (unpaired) electrons. The van der Waals surface area contributed by atoms with Gasteiger partial charge in [-0.05, 0) is 12.1 Å². The van der Waals surface area contributed by atoms with E-state index in [0.29, 0.717) is 11.9 Å². The van der Waals surface area contributed by atoms with Crippen LogP contribution in [0.3, 0.4) is 0 Å². The number of thioether (sulfide) groups is 1. The van der Waals surface area contributed by atoms with Crippen LogP contribution in [0.2, 0.25) is 0 Å². The van der Waals surface area contributed by atoms with E-state index in [2.05, 4.69) is 41.4 Å². The van der Waals surface area contributed by atoms with E-state index < -0.39 is 0 Å². The fraction of sp³-hybridized carbons (Fsp3) is 0.429. The van der Waals surface area contributed by atoms with Crippen LogP contribution in [0.25, 0.3) is 0 Å². The first-order valence-electron chi connectivity index (χ1n) is 6.47. The number of hydrogen-bond donors (Lipinski definition) is 1. The molecule has 0 aliphatic heterocycles. The Bertz CT molecular complexity index is 484. The Hall–Kier alpha value is -1.33. The zero-order valence-electron chi connectivity index (χ0n) is 11.3. The van der Waals surface area contributed by atoms with Gasteiger partial charge in [0.05, 0.1) is 5.75 Å². The summed E-state index contributed by atoms with van der Waals surface area (Å²) in [6, 6.07) is 10.7. The number of aromatic nitrogens is 2. The number of nitrogens with zero attached hydrogens (tertiary/aromatic N) is 2. The van der Waals surface area contributed by atoms with Gasteiger partial charge in [-0.25, -0.2) is 0 Å². The summed E-state index contributed by atoms with van der Waals surface area (Å²) in [5, 5.41) is 7.32. The Morgan fingerprint density at radius 3 is 2.79 bits per heavy atom. The number of nitrogens with one attached hydrogen (secondary N) is 1. The SMILES string of the molecule is CC(C)NCCc1nc(CSc2ccccc2)no1. The minimum Gasteiger partial charge on any atom is -0.339 e. The second-order valence-electron chi connectivity index (χ2n) is 4.56. The summed E-state index contributed by atoms with van der Waals surface area (Å²) in [7, 11) is 0. The summed E-state index contributed by atoms with van der Waals surface area (Å²) >= 11 is 1.71.